The summed E-state index contributed by atoms with van der Waals surface area (Å²) in [6.07, 6.45) is 1.94. The highest BCUT2D eigenvalue weighted by atomic mass is 32.1. The normalized spacial score (nSPS) is 9.67. The van der Waals surface area contributed by atoms with Gasteiger partial charge in [0.2, 0.25) is 0 Å². The van der Waals surface area contributed by atoms with Crippen LogP contribution in [0.1, 0.15) is 0 Å². The van der Waals surface area contributed by atoms with E-state index in [0.717, 1.165) is 0 Å². The highest BCUT2D eigenvalue weighted by Gasteiger charge is 1.84. The minimum Gasteiger partial charge on any atom is -0.361 e. The second kappa shape index (κ2) is 3.41. The third kappa shape index (κ3) is 1.48. The van der Waals surface area contributed by atoms with Crippen molar-refractivity contribution >= 4 is 21.6 Å². The lowest BCUT2D eigenvalue weighted by atomic mass is 10.3. The maximum Gasteiger partial charge on any atom is 0.0554 e. The molecular formula is C10H9NS. The summed E-state index contributed by atoms with van der Waals surface area (Å²) in [4.78, 5) is 3.21. The molecule has 0 bridgehead atoms. The number of fused-ring (bicyclic) bond motifs is 1. The van der Waals surface area contributed by atoms with Crippen molar-refractivity contribution < 1.29 is 0 Å². The van der Waals surface area contributed by atoms with Gasteiger partial charge < -0.3 is 4.98 Å². The Morgan fingerprint density at radius 1 is 1.00 bits per heavy atom. The Bertz CT molecular complexity index is 372. The SMILES string of the molecule is c1ccsc2ccccc2[nH]c1. The van der Waals surface area contributed by atoms with Crippen molar-refractivity contribution in [2.75, 3.05) is 0 Å². The van der Waals surface area contributed by atoms with Crippen LogP contribution in [0.2, 0.25) is 0 Å². The number of hydrogen-bond acceptors (Lipinski definition) is 1. The maximum absolute atomic E-state index is 3.21. The van der Waals surface area contributed by atoms with Gasteiger partial charge in [0.15, 0.2) is 0 Å². The van der Waals surface area contributed by atoms with E-state index in [4.69, 9.17) is 0 Å². The summed E-state index contributed by atoms with van der Waals surface area (Å²) in [7, 11) is 0. The molecule has 0 saturated carbocycles. The van der Waals surface area contributed by atoms with Crippen molar-refractivity contribution in [1.82, 2.24) is 4.98 Å². The molecule has 0 aliphatic heterocycles. The molecule has 0 unspecified atom stereocenters. The van der Waals surface area contributed by atoms with Crippen LogP contribution in [-0.2, 0) is 0 Å². The first-order chi connectivity index (χ1) is 5.97. The molecule has 60 valence electrons. The van der Waals surface area contributed by atoms with Crippen LogP contribution in [0.3, 0.4) is 0 Å². The molecule has 0 aliphatic rings. The number of hydrogen-bond donors (Lipinski definition) is 1. The van der Waals surface area contributed by atoms with E-state index in [1.54, 1.807) is 11.3 Å². The zero-order valence-corrected chi connectivity index (χ0v) is 7.34. The molecule has 0 atom stereocenters. The molecule has 2 heteroatoms. The van der Waals surface area contributed by atoms with Crippen molar-refractivity contribution in [3.8, 4) is 0 Å². The fourth-order valence-electron chi connectivity index (χ4n) is 1.04. The predicted octanol–water partition coefficient (Wildman–Crippen LogP) is 3.35. The van der Waals surface area contributed by atoms with E-state index in [-0.39, 0.29) is 0 Å². The molecule has 2 aromatic rings. The molecule has 0 fully saturated rings. The third-order valence-electron chi connectivity index (χ3n) is 1.61. The zero-order valence-electron chi connectivity index (χ0n) is 6.53. The Balaban J connectivity index is 2.83. The minimum absolute atomic E-state index is 1.17. The van der Waals surface area contributed by atoms with Crippen LogP contribution in [0.4, 0.5) is 0 Å². The van der Waals surface area contributed by atoms with Crippen molar-refractivity contribution in [1.29, 1.82) is 0 Å². The van der Waals surface area contributed by atoms with Crippen LogP contribution < -0.4 is 0 Å². The number of para-hydroxylation sites is 1. The summed E-state index contributed by atoms with van der Waals surface area (Å²) < 4.78 is 1.26. The Labute approximate surface area is 75.0 Å². The van der Waals surface area contributed by atoms with E-state index in [1.165, 1.54) is 10.2 Å². The Morgan fingerprint density at radius 2 is 1.92 bits per heavy atom. The maximum atomic E-state index is 3.21. The first kappa shape index (κ1) is 7.37. The molecule has 1 aromatic heterocycles. The molecular weight excluding hydrogens is 166 g/mol. The largest absolute Gasteiger partial charge is 0.361 e. The molecule has 1 nitrogen and oxygen atoms in total. The van der Waals surface area contributed by atoms with Gasteiger partial charge in [-0.25, -0.2) is 0 Å². The van der Waals surface area contributed by atoms with Crippen molar-refractivity contribution in [2.24, 2.45) is 0 Å². The first-order valence-corrected chi connectivity index (χ1v) is 4.69. The Morgan fingerprint density at radius 3 is 2.92 bits per heavy atom. The van der Waals surface area contributed by atoms with Crippen LogP contribution >= 0.6 is 11.3 Å². The summed E-state index contributed by atoms with van der Waals surface area (Å²) in [6, 6.07) is 12.3. The van der Waals surface area contributed by atoms with E-state index in [2.05, 4.69) is 22.5 Å². The average molecular weight is 175 g/mol. The monoisotopic (exact) mass is 175 g/mol. The highest BCUT2D eigenvalue weighted by molar-refractivity contribution is 7.16. The zero-order chi connectivity index (χ0) is 8.23. The molecule has 0 saturated heterocycles. The van der Waals surface area contributed by atoms with Gasteiger partial charge in [0, 0.05) is 6.20 Å². The summed E-state index contributed by atoms with van der Waals surface area (Å²) in [6.45, 7) is 0. The Kier molecular flexibility index (Phi) is 2.10. The van der Waals surface area contributed by atoms with Gasteiger partial charge in [-0.1, -0.05) is 18.2 Å². The minimum atomic E-state index is 1.17. The van der Waals surface area contributed by atoms with Crippen LogP contribution in [0, 0.1) is 0 Å². The van der Waals surface area contributed by atoms with Crippen molar-refractivity contribution in [3.05, 3.63) is 48.0 Å². The fraction of sp³-hybridized carbons (Fsp3) is 0. The van der Waals surface area contributed by atoms with Crippen molar-refractivity contribution in [3.63, 3.8) is 0 Å². The standard InChI is InChI=1S/C10H9NS/c1-2-6-10-9(5-1)11-7-3-4-8-12-10/h1-8,11H. The van der Waals surface area contributed by atoms with Gasteiger partial charge in [0.25, 0.3) is 0 Å². The van der Waals surface area contributed by atoms with E-state index in [1.807, 2.05) is 30.5 Å². The summed E-state index contributed by atoms with van der Waals surface area (Å²) in [5.41, 5.74) is 1.17. The predicted molar refractivity (Wildman–Crippen MR) is 53.8 cm³/mol. The molecule has 0 amide bonds. The highest BCUT2D eigenvalue weighted by Crippen LogP contribution is 2.12. The Hall–Kier alpha value is -1.28. The summed E-state index contributed by atoms with van der Waals surface area (Å²) >= 11 is 1.73. The molecule has 12 heavy (non-hydrogen) atoms. The van der Waals surface area contributed by atoms with Gasteiger partial charge >= 0.3 is 0 Å². The van der Waals surface area contributed by atoms with Gasteiger partial charge in [0.05, 0.1) is 10.2 Å². The van der Waals surface area contributed by atoms with E-state index in [9.17, 15) is 0 Å². The molecule has 2 rings (SSSR count). The van der Waals surface area contributed by atoms with Gasteiger partial charge in [-0.05, 0) is 23.6 Å². The molecule has 1 aromatic carbocycles. The molecule has 0 aliphatic carbocycles. The third-order valence-corrected chi connectivity index (χ3v) is 2.51. The van der Waals surface area contributed by atoms with E-state index in [0.29, 0.717) is 0 Å². The second-order valence-corrected chi connectivity index (χ2v) is 3.39. The van der Waals surface area contributed by atoms with Gasteiger partial charge in [-0.3, -0.25) is 0 Å². The quantitative estimate of drug-likeness (QED) is 0.632. The lowest BCUT2D eigenvalue weighted by molar-refractivity contribution is 1.43. The number of rotatable bonds is 0. The number of nitrogens with one attached hydrogen (secondary N) is 1. The van der Waals surface area contributed by atoms with Crippen molar-refractivity contribution in [2.45, 2.75) is 0 Å². The van der Waals surface area contributed by atoms with E-state index < -0.39 is 0 Å². The number of aromatic amines is 1. The first-order valence-electron chi connectivity index (χ1n) is 3.81. The molecule has 0 spiro atoms. The van der Waals surface area contributed by atoms with E-state index >= 15 is 0 Å². The van der Waals surface area contributed by atoms with Crippen LogP contribution in [0.5, 0.6) is 0 Å². The topological polar surface area (TPSA) is 15.8 Å². The van der Waals surface area contributed by atoms with Crippen LogP contribution in [-0.4, -0.2) is 4.98 Å². The van der Waals surface area contributed by atoms with Gasteiger partial charge in [-0.2, -0.15) is 0 Å². The lowest BCUT2D eigenvalue weighted by Crippen LogP contribution is -1.69. The molecule has 0 radical (unpaired) electrons. The second-order valence-electron chi connectivity index (χ2n) is 2.45. The number of H-pyrrole nitrogens is 1. The molecule has 1 N–H and O–H groups in total. The van der Waals surface area contributed by atoms with Crippen LogP contribution in [0.25, 0.3) is 10.2 Å². The van der Waals surface area contributed by atoms with Gasteiger partial charge in [0.1, 0.15) is 0 Å². The molecule has 1 heterocycles. The number of benzene rings is 1. The fourth-order valence-corrected chi connectivity index (χ4v) is 1.77. The summed E-state index contributed by atoms with van der Waals surface area (Å²) in [5, 5.41) is 2.08. The average Bonchev–Trinajstić information content (AvgIpc) is 2.06. The smallest absolute Gasteiger partial charge is 0.0554 e. The van der Waals surface area contributed by atoms with Crippen LogP contribution in [0.15, 0.2) is 48.0 Å². The number of aromatic nitrogens is 1. The lowest BCUT2D eigenvalue weighted by Gasteiger charge is -1.91. The van der Waals surface area contributed by atoms with Gasteiger partial charge in [-0.15, -0.1) is 11.3 Å². The summed E-state index contributed by atoms with van der Waals surface area (Å²) in [5.74, 6) is 0.